The molecule has 1 rings (SSSR count). The van der Waals surface area contributed by atoms with Gasteiger partial charge in [0.05, 0.1) is 32.0 Å². The van der Waals surface area contributed by atoms with Gasteiger partial charge in [-0.2, -0.15) is 0 Å². The van der Waals surface area contributed by atoms with E-state index in [4.69, 9.17) is 14.2 Å². The zero-order valence-electron chi connectivity index (χ0n) is 42.1. The lowest BCUT2D eigenvalue weighted by Crippen LogP contribution is -2.60. The van der Waals surface area contributed by atoms with Crippen LogP contribution in [0.25, 0.3) is 0 Å². The fourth-order valence-electron chi connectivity index (χ4n) is 7.80. The van der Waals surface area contributed by atoms with Gasteiger partial charge in [0, 0.05) is 12.8 Å². The quantitative estimate of drug-likeness (QED) is 0.0149. The van der Waals surface area contributed by atoms with E-state index in [1.807, 2.05) is 19.1 Å². The number of carbonyl (C=O) groups excluding carboxylic acids is 2. The molecule has 0 aromatic heterocycles. The van der Waals surface area contributed by atoms with Crippen LogP contribution >= 0.6 is 0 Å². The molecule has 1 aliphatic heterocycles. The Bertz CT molecular complexity index is 1340. The van der Waals surface area contributed by atoms with Crippen LogP contribution in [0.5, 0.6) is 0 Å². The van der Waals surface area contributed by atoms with Crippen LogP contribution in [0.2, 0.25) is 0 Å². The number of esters is 1. The Balaban J connectivity index is 2.12. The van der Waals surface area contributed by atoms with E-state index in [0.29, 0.717) is 25.9 Å². The molecule has 7 atom stereocenters. The van der Waals surface area contributed by atoms with E-state index >= 15 is 0 Å². The topological polar surface area (TPSA) is 175 Å². The number of hydrogen-bond donors (Lipinski definition) is 6. The molecule has 1 amide bonds. The van der Waals surface area contributed by atoms with Gasteiger partial charge >= 0.3 is 5.97 Å². The maximum atomic E-state index is 12.9. The first-order chi connectivity index (χ1) is 32.7. The molecule has 0 saturated carbocycles. The van der Waals surface area contributed by atoms with Crippen LogP contribution in [-0.4, -0.2) is 100 Å². The second-order valence-electron chi connectivity index (χ2n) is 18.2. The number of nitrogens with one attached hydrogen (secondary N) is 1. The zero-order chi connectivity index (χ0) is 48.8. The lowest BCUT2D eigenvalue weighted by atomic mass is 9.99. The van der Waals surface area contributed by atoms with Gasteiger partial charge in [-0.1, -0.05) is 163 Å². The molecule has 1 heterocycles. The number of aliphatic hydroxyl groups excluding tert-OH is 5. The minimum absolute atomic E-state index is 0.0420. The van der Waals surface area contributed by atoms with Gasteiger partial charge in [-0.3, -0.25) is 9.59 Å². The van der Waals surface area contributed by atoms with Crippen LogP contribution in [0, 0.1) is 0 Å². The van der Waals surface area contributed by atoms with E-state index < -0.39 is 49.5 Å². The van der Waals surface area contributed by atoms with Crippen LogP contribution in [0.15, 0.2) is 72.9 Å². The number of carbonyl (C=O) groups is 2. The second-order valence-corrected chi connectivity index (χ2v) is 18.2. The van der Waals surface area contributed by atoms with Gasteiger partial charge in [-0.15, -0.1) is 0 Å². The summed E-state index contributed by atoms with van der Waals surface area (Å²) in [6.45, 7) is 3.97. The number of unbranched alkanes of at least 4 members (excludes halogenated alkanes) is 22. The molecule has 67 heavy (non-hydrogen) atoms. The Morgan fingerprint density at radius 1 is 0.582 bits per heavy atom. The molecular formula is C56H97NO10. The number of hydrogen-bond acceptors (Lipinski definition) is 10. The average molecular weight is 944 g/mol. The number of rotatable bonds is 44. The van der Waals surface area contributed by atoms with Crippen LogP contribution in [0.4, 0.5) is 0 Å². The van der Waals surface area contributed by atoms with Crippen molar-refractivity contribution in [3.63, 3.8) is 0 Å². The van der Waals surface area contributed by atoms with Crippen molar-refractivity contribution >= 4 is 11.9 Å². The fourth-order valence-corrected chi connectivity index (χ4v) is 7.80. The highest BCUT2D eigenvalue weighted by Crippen LogP contribution is 2.22. The van der Waals surface area contributed by atoms with Crippen molar-refractivity contribution in [2.24, 2.45) is 0 Å². The Kier molecular flexibility index (Phi) is 42.2. The minimum Gasteiger partial charge on any atom is -0.466 e. The Hall–Kier alpha value is -2.90. The summed E-state index contributed by atoms with van der Waals surface area (Å²) in [5.41, 5.74) is 0. The van der Waals surface area contributed by atoms with Crippen molar-refractivity contribution in [3.05, 3.63) is 72.9 Å². The summed E-state index contributed by atoms with van der Waals surface area (Å²) < 4.78 is 16.6. The lowest BCUT2D eigenvalue weighted by Gasteiger charge is -2.40. The van der Waals surface area contributed by atoms with Gasteiger partial charge in [-0.05, 0) is 103 Å². The zero-order valence-corrected chi connectivity index (χ0v) is 42.1. The molecule has 11 nitrogen and oxygen atoms in total. The molecule has 1 saturated heterocycles. The Labute approximate surface area is 407 Å². The molecule has 0 radical (unpaired) electrons. The number of ether oxygens (including phenoxy) is 3. The van der Waals surface area contributed by atoms with E-state index in [-0.39, 0.29) is 18.5 Å². The van der Waals surface area contributed by atoms with Gasteiger partial charge in [0.15, 0.2) is 6.29 Å². The number of allylic oxidation sites excluding steroid dienone is 11. The van der Waals surface area contributed by atoms with Gasteiger partial charge in [-0.25, -0.2) is 0 Å². The summed E-state index contributed by atoms with van der Waals surface area (Å²) >= 11 is 0. The highest BCUT2D eigenvalue weighted by atomic mass is 16.7. The Morgan fingerprint density at radius 2 is 1.07 bits per heavy atom. The number of aliphatic hydroxyl groups is 5. The first kappa shape index (κ1) is 62.1. The van der Waals surface area contributed by atoms with Crippen LogP contribution in [0.1, 0.15) is 206 Å². The molecular weight excluding hydrogens is 847 g/mol. The minimum atomic E-state index is -1.58. The fraction of sp³-hybridized carbons (Fsp3) is 0.750. The van der Waals surface area contributed by atoms with Gasteiger partial charge in [0.1, 0.15) is 24.4 Å². The molecule has 0 bridgehead atoms. The van der Waals surface area contributed by atoms with E-state index in [9.17, 15) is 35.1 Å². The summed E-state index contributed by atoms with van der Waals surface area (Å²) in [4.78, 5) is 24.9. The highest BCUT2D eigenvalue weighted by molar-refractivity contribution is 5.76. The maximum absolute atomic E-state index is 12.9. The van der Waals surface area contributed by atoms with Crippen LogP contribution in [-0.2, 0) is 23.8 Å². The summed E-state index contributed by atoms with van der Waals surface area (Å²) in [5.74, 6) is -0.254. The van der Waals surface area contributed by atoms with E-state index in [1.165, 1.54) is 83.5 Å². The molecule has 1 fully saturated rings. The highest BCUT2D eigenvalue weighted by Gasteiger charge is 2.44. The molecule has 0 aromatic carbocycles. The average Bonchev–Trinajstić information content (AvgIpc) is 3.32. The first-order valence-electron chi connectivity index (χ1n) is 26.7. The third-order valence-corrected chi connectivity index (χ3v) is 12.1. The second kappa shape index (κ2) is 45.5. The van der Waals surface area contributed by atoms with Crippen molar-refractivity contribution < 1.29 is 49.3 Å². The van der Waals surface area contributed by atoms with E-state index in [2.05, 4.69) is 66.9 Å². The summed E-state index contributed by atoms with van der Waals surface area (Å²) in [6, 6.07) is -0.842. The van der Waals surface area contributed by atoms with E-state index in [0.717, 1.165) is 89.9 Å². The molecule has 7 unspecified atom stereocenters. The molecule has 11 heteroatoms. The summed E-state index contributed by atoms with van der Waals surface area (Å²) in [5, 5.41) is 54.0. The molecule has 1 aliphatic rings. The van der Waals surface area contributed by atoms with Crippen molar-refractivity contribution in [2.75, 3.05) is 19.8 Å². The molecule has 386 valence electrons. The summed E-state index contributed by atoms with van der Waals surface area (Å²) in [6.07, 6.45) is 48.7. The first-order valence-corrected chi connectivity index (χ1v) is 26.7. The maximum Gasteiger partial charge on any atom is 0.305 e. The standard InChI is InChI=1S/C56H97NO10/c1-3-5-7-9-11-13-23-28-32-36-40-44-52(61)65-45-41-37-33-29-25-22-20-18-16-14-15-17-19-21-24-27-31-35-39-43-51(60)57-48(49(59)42-38-34-30-26-12-10-8-6-4-2)47-66-56-55(64)54(63)53(62)50(46-58)67-56/h4,6,9,11-12,18,20,22,25-26,38,42,48-50,53-56,58-59,62-64H,3,5,7-8,10,13-17,19,21,23-24,27-37,39-41,43-47H2,1-2H3,(H,57,60)/b6-4+,11-9-,20-18-,25-22-,26-12+,42-38+. The van der Waals surface area contributed by atoms with Crippen molar-refractivity contribution in [2.45, 2.75) is 249 Å². The Morgan fingerprint density at radius 3 is 1.66 bits per heavy atom. The normalized spacial score (nSPS) is 20.1. The predicted molar refractivity (Wildman–Crippen MR) is 273 cm³/mol. The van der Waals surface area contributed by atoms with Crippen molar-refractivity contribution in [1.29, 1.82) is 0 Å². The molecule has 0 aromatic rings. The predicted octanol–water partition coefficient (Wildman–Crippen LogP) is 11.3. The largest absolute Gasteiger partial charge is 0.466 e. The molecule has 0 aliphatic carbocycles. The van der Waals surface area contributed by atoms with Crippen molar-refractivity contribution in [3.8, 4) is 0 Å². The van der Waals surface area contributed by atoms with Gasteiger partial charge in [0.2, 0.25) is 5.91 Å². The van der Waals surface area contributed by atoms with Crippen molar-refractivity contribution in [1.82, 2.24) is 5.32 Å². The smallest absolute Gasteiger partial charge is 0.305 e. The van der Waals surface area contributed by atoms with E-state index in [1.54, 1.807) is 6.08 Å². The molecule has 6 N–H and O–H groups in total. The summed E-state index contributed by atoms with van der Waals surface area (Å²) in [7, 11) is 0. The van der Waals surface area contributed by atoms with Gasteiger partial charge < -0.3 is 45.1 Å². The lowest BCUT2D eigenvalue weighted by molar-refractivity contribution is -0.302. The van der Waals surface area contributed by atoms with Crippen LogP contribution in [0.3, 0.4) is 0 Å². The monoisotopic (exact) mass is 944 g/mol. The van der Waals surface area contributed by atoms with Crippen LogP contribution < -0.4 is 5.32 Å². The third-order valence-electron chi connectivity index (χ3n) is 12.1. The van der Waals surface area contributed by atoms with Gasteiger partial charge in [0.25, 0.3) is 0 Å². The number of amides is 1. The third kappa shape index (κ3) is 35.8. The SMILES string of the molecule is C/C=C/CC/C=C/CC/C=C/C(O)C(COC1OC(CO)C(O)C(O)C1O)NC(=O)CCCCCCCCCCCC/C=C\C=C/CCCCCOC(=O)CCCCCCC/C=C\CCCC. The molecule has 0 spiro atoms.